The Kier molecular flexibility index (Phi) is 3.32. The molecule has 1 fully saturated rings. The number of rotatable bonds is 3. The van der Waals surface area contributed by atoms with Gasteiger partial charge >= 0.3 is 0 Å². The third-order valence-electron chi connectivity index (χ3n) is 3.27. The molecule has 0 spiro atoms. The van der Waals surface area contributed by atoms with Gasteiger partial charge in [0.15, 0.2) is 0 Å². The second-order valence-corrected chi connectivity index (χ2v) is 5.09. The van der Waals surface area contributed by atoms with Crippen molar-refractivity contribution in [3.63, 3.8) is 0 Å². The molecule has 15 heavy (non-hydrogen) atoms. The topological polar surface area (TPSA) is 29.3 Å². The monoisotopic (exact) mass is 268 g/mol. The van der Waals surface area contributed by atoms with E-state index in [1.807, 2.05) is 0 Å². The third kappa shape index (κ3) is 2.18. The summed E-state index contributed by atoms with van der Waals surface area (Å²) in [6, 6.07) is 7.04. The normalized spacial score (nSPS) is 16.2. The van der Waals surface area contributed by atoms with Crippen LogP contribution in [-0.2, 0) is 6.54 Å². The molecule has 0 amide bonds. The van der Waals surface area contributed by atoms with Crippen LogP contribution in [-0.4, -0.2) is 13.1 Å². The van der Waals surface area contributed by atoms with Gasteiger partial charge in [0.05, 0.1) is 0 Å². The maximum atomic E-state index is 5.76. The van der Waals surface area contributed by atoms with Crippen molar-refractivity contribution in [2.75, 3.05) is 11.9 Å². The molecule has 82 valence electrons. The van der Waals surface area contributed by atoms with E-state index in [0.29, 0.717) is 12.6 Å². The molecule has 1 aromatic rings. The lowest BCUT2D eigenvalue weighted by Gasteiger charge is -2.37. The fraction of sp³-hybridized carbons (Fsp3) is 0.500. The minimum Gasteiger partial charge on any atom is -0.371 e. The van der Waals surface area contributed by atoms with E-state index in [4.69, 9.17) is 5.73 Å². The Morgan fingerprint density at radius 1 is 1.47 bits per heavy atom. The highest BCUT2D eigenvalue weighted by Crippen LogP contribution is 2.31. The number of hydrogen-bond donors (Lipinski definition) is 1. The lowest BCUT2D eigenvalue weighted by Crippen LogP contribution is -2.37. The Morgan fingerprint density at radius 3 is 2.73 bits per heavy atom. The van der Waals surface area contributed by atoms with Crippen molar-refractivity contribution in [1.29, 1.82) is 0 Å². The second kappa shape index (κ2) is 4.54. The summed E-state index contributed by atoms with van der Waals surface area (Å²) in [4.78, 5) is 2.37. The van der Waals surface area contributed by atoms with E-state index in [-0.39, 0.29) is 0 Å². The summed E-state index contributed by atoms with van der Waals surface area (Å²) >= 11 is 3.52. The van der Waals surface area contributed by atoms with E-state index in [1.54, 1.807) is 0 Å². The molecule has 0 bridgehead atoms. The smallest absolute Gasteiger partial charge is 0.0422 e. The maximum absolute atomic E-state index is 5.76. The SMILES string of the molecule is CN(c1cc(Br)ccc1CN)C1CCC1. The highest BCUT2D eigenvalue weighted by atomic mass is 79.9. The maximum Gasteiger partial charge on any atom is 0.0422 e. The summed E-state index contributed by atoms with van der Waals surface area (Å²) < 4.78 is 1.13. The molecule has 0 heterocycles. The number of halogens is 1. The van der Waals surface area contributed by atoms with Crippen LogP contribution >= 0.6 is 15.9 Å². The average molecular weight is 269 g/mol. The van der Waals surface area contributed by atoms with Gasteiger partial charge in [0.25, 0.3) is 0 Å². The number of nitrogens with zero attached hydrogens (tertiary/aromatic N) is 1. The number of benzene rings is 1. The summed E-state index contributed by atoms with van der Waals surface area (Å²) in [6.45, 7) is 0.611. The van der Waals surface area contributed by atoms with Gasteiger partial charge in [-0.3, -0.25) is 0 Å². The van der Waals surface area contributed by atoms with Gasteiger partial charge in [0, 0.05) is 29.8 Å². The van der Waals surface area contributed by atoms with Gasteiger partial charge in [-0.05, 0) is 37.0 Å². The van der Waals surface area contributed by atoms with E-state index >= 15 is 0 Å². The molecule has 1 aliphatic rings. The summed E-state index contributed by atoms with van der Waals surface area (Å²) in [5.41, 5.74) is 8.26. The molecule has 0 atom stereocenters. The quantitative estimate of drug-likeness (QED) is 0.914. The molecule has 3 heteroatoms. The van der Waals surface area contributed by atoms with Gasteiger partial charge in [-0.25, -0.2) is 0 Å². The fourth-order valence-corrected chi connectivity index (χ4v) is 2.36. The largest absolute Gasteiger partial charge is 0.371 e. The van der Waals surface area contributed by atoms with Crippen molar-refractivity contribution in [2.24, 2.45) is 5.73 Å². The van der Waals surface area contributed by atoms with Crippen molar-refractivity contribution >= 4 is 21.6 Å². The molecular weight excluding hydrogens is 252 g/mol. The van der Waals surface area contributed by atoms with Gasteiger partial charge < -0.3 is 10.6 Å². The van der Waals surface area contributed by atoms with Crippen LogP contribution in [0.4, 0.5) is 5.69 Å². The summed E-state index contributed by atoms with van der Waals surface area (Å²) in [5, 5.41) is 0. The summed E-state index contributed by atoms with van der Waals surface area (Å²) in [5.74, 6) is 0. The zero-order chi connectivity index (χ0) is 10.8. The second-order valence-electron chi connectivity index (χ2n) is 4.17. The van der Waals surface area contributed by atoms with Crippen LogP contribution in [0.2, 0.25) is 0 Å². The molecule has 2 rings (SSSR count). The highest BCUT2D eigenvalue weighted by Gasteiger charge is 2.23. The average Bonchev–Trinajstić information content (AvgIpc) is 2.15. The zero-order valence-corrected chi connectivity index (χ0v) is 10.6. The Labute approximate surface area is 99.6 Å². The van der Waals surface area contributed by atoms with E-state index < -0.39 is 0 Å². The Bertz CT molecular complexity index is 347. The van der Waals surface area contributed by atoms with E-state index in [9.17, 15) is 0 Å². The number of anilines is 1. The highest BCUT2D eigenvalue weighted by molar-refractivity contribution is 9.10. The first-order valence-corrected chi connectivity index (χ1v) is 6.23. The van der Waals surface area contributed by atoms with Crippen LogP contribution in [0, 0.1) is 0 Å². The zero-order valence-electron chi connectivity index (χ0n) is 9.04. The minimum atomic E-state index is 0.611. The Morgan fingerprint density at radius 2 is 2.20 bits per heavy atom. The van der Waals surface area contributed by atoms with Gasteiger partial charge in [-0.15, -0.1) is 0 Å². The molecule has 2 N–H and O–H groups in total. The Hall–Kier alpha value is -0.540. The molecule has 0 aromatic heterocycles. The van der Waals surface area contributed by atoms with Crippen molar-refractivity contribution < 1.29 is 0 Å². The van der Waals surface area contributed by atoms with Crippen LogP contribution in [0.1, 0.15) is 24.8 Å². The van der Waals surface area contributed by atoms with E-state index in [2.05, 4.69) is 46.1 Å². The van der Waals surface area contributed by atoms with Crippen molar-refractivity contribution in [3.05, 3.63) is 28.2 Å². The molecular formula is C12H17BrN2. The first-order chi connectivity index (χ1) is 7.22. The van der Waals surface area contributed by atoms with E-state index in [1.165, 1.54) is 30.5 Å². The first kappa shape index (κ1) is 11.0. The minimum absolute atomic E-state index is 0.611. The van der Waals surface area contributed by atoms with Gasteiger partial charge in [0.1, 0.15) is 0 Å². The van der Waals surface area contributed by atoms with Crippen molar-refractivity contribution in [3.8, 4) is 0 Å². The summed E-state index contributed by atoms with van der Waals surface area (Å²) in [6.07, 6.45) is 3.99. The van der Waals surface area contributed by atoms with Crippen molar-refractivity contribution in [2.45, 2.75) is 31.8 Å². The number of hydrogen-bond acceptors (Lipinski definition) is 2. The predicted octanol–water partition coefficient (Wildman–Crippen LogP) is 2.90. The lowest BCUT2D eigenvalue weighted by atomic mass is 9.91. The molecule has 2 nitrogen and oxygen atoms in total. The van der Waals surface area contributed by atoms with Crippen LogP contribution in [0.5, 0.6) is 0 Å². The summed E-state index contributed by atoms with van der Waals surface area (Å²) in [7, 11) is 2.17. The van der Waals surface area contributed by atoms with E-state index in [0.717, 1.165) is 4.47 Å². The standard InChI is InChI=1S/C12H17BrN2/c1-15(11-3-2-4-11)12-7-10(13)6-5-9(12)8-14/h5-7,11H,2-4,8,14H2,1H3. The third-order valence-corrected chi connectivity index (χ3v) is 3.76. The predicted molar refractivity (Wildman–Crippen MR) is 68.1 cm³/mol. The number of nitrogens with two attached hydrogens (primary N) is 1. The lowest BCUT2D eigenvalue weighted by molar-refractivity contribution is 0.400. The molecule has 0 radical (unpaired) electrons. The molecule has 1 aliphatic carbocycles. The van der Waals surface area contributed by atoms with Crippen LogP contribution in [0.15, 0.2) is 22.7 Å². The van der Waals surface area contributed by atoms with Gasteiger partial charge in [-0.1, -0.05) is 22.0 Å². The van der Waals surface area contributed by atoms with Gasteiger partial charge in [0.2, 0.25) is 0 Å². The first-order valence-electron chi connectivity index (χ1n) is 5.43. The van der Waals surface area contributed by atoms with Crippen molar-refractivity contribution in [1.82, 2.24) is 0 Å². The van der Waals surface area contributed by atoms with Gasteiger partial charge in [-0.2, -0.15) is 0 Å². The molecule has 0 saturated heterocycles. The molecule has 0 aliphatic heterocycles. The molecule has 1 aromatic carbocycles. The van der Waals surface area contributed by atoms with Crippen LogP contribution < -0.4 is 10.6 Å². The molecule has 0 unspecified atom stereocenters. The fourth-order valence-electron chi connectivity index (χ4n) is 2.01. The van der Waals surface area contributed by atoms with Crippen LogP contribution in [0.25, 0.3) is 0 Å². The molecule has 1 saturated carbocycles. The van der Waals surface area contributed by atoms with Crippen LogP contribution in [0.3, 0.4) is 0 Å². The Balaban J connectivity index is 2.27.